The number of halogens is 3. The van der Waals surface area contributed by atoms with Crippen molar-refractivity contribution in [1.82, 2.24) is 4.98 Å². The molecule has 0 unspecified atom stereocenters. The first kappa shape index (κ1) is 15.3. The van der Waals surface area contributed by atoms with Gasteiger partial charge in [0.2, 0.25) is 0 Å². The Balaban J connectivity index is 2.04. The zero-order chi connectivity index (χ0) is 16.2. The third kappa shape index (κ3) is 3.96. The molecule has 0 spiro atoms. The number of nitriles is 1. The zero-order valence-corrected chi connectivity index (χ0v) is 11.0. The normalized spacial score (nSPS) is 10.6. The van der Waals surface area contributed by atoms with Gasteiger partial charge in [-0.1, -0.05) is 0 Å². The lowest BCUT2D eigenvalue weighted by Gasteiger charge is -2.10. The molecule has 112 valence electrons. The molecule has 0 radical (unpaired) electrons. The number of aromatic nitrogens is 1. The number of rotatable bonds is 2. The first-order valence-corrected chi connectivity index (χ1v) is 6.00. The van der Waals surface area contributed by atoms with Gasteiger partial charge in [-0.2, -0.15) is 18.4 Å². The number of nitrogens with one attached hydrogen (secondary N) is 2. The van der Waals surface area contributed by atoms with Crippen LogP contribution in [0.5, 0.6) is 0 Å². The molecule has 0 atom stereocenters. The van der Waals surface area contributed by atoms with Crippen LogP contribution in [0.3, 0.4) is 0 Å². The van der Waals surface area contributed by atoms with Gasteiger partial charge in [0, 0.05) is 17.6 Å². The van der Waals surface area contributed by atoms with E-state index >= 15 is 0 Å². The van der Waals surface area contributed by atoms with Gasteiger partial charge in [-0.25, -0.2) is 4.79 Å². The highest BCUT2D eigenvalue weighted by Crippen LogP contribution is 2.28. The van der Waals surface area contributed by atoms with Gasteiger partial charge in [0.15, 0.2) is 0 Å². The topological polar surface area (TPSA) is 77.8 Å². The Hall–Kier alpha value is -3.08. The Labute approximate surface area is 123 Å². The van der Waals surface area contributed by atoms with E-state index in [-0.39, 0.29) is 5.69 Å². The molecule has 0 aliphatic rings. The van der Waals surface area contributed by atoms with Gasteiger partial charge in [0.25, 0.3) is 0 Å². The number of carbonyl (C=O) groups excluding carboxylic acids is 1. The second-order valence-electron chi connectivity index (χ2n) is 4.20. The van der Waals surface area contributed by atoms with Crippen LogP contribution in [0.25, 0.3) is 0 Å². The van der Waals surface area contributed by atoms with Crippen molar-refractivity contribution in [3.05, 3.63) is 53.9 Å². The monoisotopic (exact) mass is 306 g/mol. The maximum Gasteiger partial charge on any atom is 0.433 e. The third-order valence-corrected chi connectivity index (χ3v) is 2.58. The molecule has 2 aromatic rings. The van der Waals surface area contributed by atoms with Crippen molar-refractivity contribution in [2.24, 2.45) is 0 Å². The summed E-state index contributed by atoms with van der Waals surface area (Å²) < 4.78 is 37.5. The number of hydrogen-bond acceptors (Lipinski definition) is 3. The highest BCUT2D eigenvalue weighted by molar-refractivity contribution is 5.99. The molecule has 1 aromatic carbocycles. The van der Waals surface area contributed by atoms with Crippen LogP contribution in [-0.4, -0.2) is 11.0 Å². The summed E-state index contributed by atoms with van der Waals surface area (Å²) in [6.45, 7) is 0. The molecule has 2 rings (SSSR count). The number of urea groups is 1. The molecule has 2 amide bonds. The summed E-state index contributed by atoms with van der Waals surface area (Å²) in [6, 6.07) is 9.22. The molecule has 2 N–H and O–H groups in total. The molecule has 1 heterocycles. The van der Waals surface area contributed by atoms with Crippen LogP contribution in [0.15, 0.2) is 42.6 Å². The van der Waals surface area contributed by atoms with E-state index in [4.69, 9.17) is 5.26 Å². The summed E-state index contributed by atoms with van der Waals surface area (Å²) in [5, 5.41) is 13.4. The average Bonchev–Trinajstić information content (AvgIpc) is 2.47. The first-order valence-electron chi connectivity index (χ1n) is 6.00. The van der Waals surface area contributed by atoms with Crippen molar-refractivity contribution in [3.8, 4) is 6.07 Å². The van der Waals surface area contributed by atoms with Crippen LogP contribution < -0.4 is 10.6 Å². The van der Waals surface area contributed by atoms with Crippen molar-refractivity contribution in [2.45, 2.75) is 6.18 Å². The van der Waals surface area contributed by atoms with E-state index in [0.717, 1.165) is 12.3 Å². The van der Waals surface area contributed by atoms with E-state index in [2.05, 4.69) is 15.6 Å². The lowest BCUT2D eigenvalue weighted by molar-refractivity contribution is -0.141. The van der Waals surface area contributed by atoms with Gasteiger partial charge in [-0.05, 0) is 36.4 Å². The first-order chi connectivity index (χ1) is 10.4. The molecule has 22 heavy (non-hydrogen) atoms. The van der Waals surface area contributed by atoms with Gasteiger partial charge < -0.3 is 10.6 Å². The second-order valence-corrected chi connectivity index (χ2v) is 4.20. The Morgan fingerprint density at radius 3 is 2.32 bits per heavy atom. The molecule has 8 heteroatoms. The molecular formula is C14H9F3N4O. The van der Waals surface area contributed by atoms with Crippen LogP contribution in [0, 0.1) is 11.3 Å². The fourth-order valence-corrected chi connectivity index (χ4v) is 1.58. The quantitative estimate of drug-likeness (QED) is 0.889. The predicted molar refractivity (Wildman–Crippen MR) is 73.0 cm³/mol. The average molecular weight is 306 g/mol. The standard InChI is InChI=1S/C14H9F3N4O/c15-14(16,17)12-7-11(5-6-19-12)21-13(22)20-10-3-1-9(8-18)2-4-10/h1-7H,(H2,19,20,21,22). The summed E-state index contributed by atoms with van der Waals surface area (Å²) in [6.07, 6.45) is -3.62. The predicted octanol–water partition coefficient (Wildman–Crippen LogP) is 3.62. The molecule has 0 saturated carbocycles. The van der Waals surface area contributed by atoms with Crippen molar-refractivity contribution in [2.75, 3.05) is 10.6 Å². The lowest BCUT2D eigenvalue weighted by Crippen LogP contribution is -2.20. The minimum Gasteiger partial charge on any atom is -0.308 e. The summed E-state index contributed by atoms with van der Waals surface area (Å²) in [7, 11) is 0. The van der Waals surface area contributed by atoms with Crippen molar-refractivity contribution in [1.29, 1.82) is 5.26 Å². The Morgan fingerprint density at radius 1 is 1.09 bits per heavy atom. The van der Waals surface area contributed by atoms with Crippen LogP contribution >= 0.6 is 0 Å². The van der Waals surface area contributed by atoms with E-state index in [1.807, 2.05) is 6.07 Å². The largest absolute Gasteiger partial charge is 0.433 e. The summed E-state index contributed by atoms with van der Waals surface area (Å²) in [4.78, 5) is 14.9. The number of benzene rings is 1. The molecule has 0 aliphatic heterocycles. The highest BCUT2D eigenvalue weighted by atomic mass is 19.4. The molecular weight excluding hydrogens is 297 g/mol. The molecule has 0 aliphatic carbocycles. The second kappa shape index (κ2) is 6.13. The van der Waals surface area contributed by atoms with Crippen molar-refractivity contribution >= 4 is 17.4 Å². The van der Waals surface area contributed by atoms with Crippen molar-refractivity contribution in [3.63, 3.8) is 0 Å². The van der Waals surface area contributed by atoms with E-state index in [9.17, 15) is 18.0 Å². The number of pyridine rings is 1. The summed E-state index contributed by atoms with van der Waals surface area (Å²) in [5.74, 6) is 0. The van der Waals surface area contributed by atoms with E-state index < -0.39 is 17.9 Å². The maximum absolute atomic E-state index is 12.5. The number of anilines is 2. The Morgan fingerprint density at radius 2 is 1.73 bits per heavy atom. The Kier molecular flexibility index (Phi) is 4.27. The smallest absolute Gasteiger partial charge is 0.308 e. The number of hydrogen-bond donors (Lipinski definition) is 2. The number of carbonyl (C=O) groups is 1. The molecule has 0 saturated heterocycles. The van der Waals surface area contributed by atoms with Crippen molar-refractivity contribution < 1.29 is 18.0 Å². The highest BCUT2D eigenvalue weighted by Gasteiger charge is 2.32. The summed E-state index contributed by atoms with van der Waals surface area (Å²) >= 11 is 0. The van der Waals surface area contributed by atoms with Crippen LogP contribution in [0.2, 0.25) is 0 Å². The van der Waals surface area contributed by atoms with Gasteiger partial charge in [0.05, 0.1) is 11.6 Å². The van der Waals surface area contributed by atoms with Crippen LogP contribution in [0.1, 0.15) is 11.3 Å². The number of nitrogens with zero attached hydrogens (tertiary/aromatic N) is 2. The molecule has 1 aromatic heterocycles. The fraction of sp³-hybridized carbons (Fsp3) is 0.0714. The van der Waals surface area contributed by atoms with Crippen LogP contribution in [0.4, 0.5) is 29.3 Å². The minimum atomic E-state index is -4.58. The minimum absolute atomic E-state index is 0.0338. The zero-order valence-electron chi connectivity index (χ0n) is 11.0. The van der Waals surface area contributed by atoms with Crippen LogP contribution in [-0.2, 0) is 6.18 Å². The number of alkyl halides is 3. The molecule has 0 bridgehead atoms. The summed E-state index contributed by atoms with van der Waals surface area (Å²) in [5.41, 5.74) is -0.298. The third-order valence-electron chi connectivity index (χ3n) is 2.58. The lowest BCUT2D eigenvalue weighted by atomic mass is 10.2. The van der Waals surface area contributed by atoms with E-state index in [0.29, 0.717) is 11.3 Å². The molecule has 5 nitrogen and oxygen atoms in total. The molecule has 0 fully saturated rings. The van der Waals surface area contributed by atoms with Gasteiger partial charge in [-0.15, -0.1) is 0 Å². The van der Waals surface area contributed by atoms with Gasteiger partial charge >= 0.3 is 12.2 Å². The fourth-order valence-electron chi connectivity index (χ4n) is 1.58. The number of amides is 2. The maximum atomic E-state index is 12.5. The van der Waals surface area contributed by atoms with Gasteiger partial charge in [-0.3, -0.25) is 4.98 Å². The Bertz CT molecular complexity index is 720. The van der Waals surface area contributed by atoms with E-state index in [1.165, 1.54) is 30.3 Å². The van der Waals surface area contributed by atoms with E-state index in [1.54, 1.807) is 0 Å². The SMILES string of the molecule is N#Cc1ccc(NC(=O)Nc2ccnc(C(F)(F)F)c2)cc1. The van der Waals surface area contributed by atoms with Gasteiger partial charge in [0.1, 0.15) is 5.69 Å².